The van der Waals surface area contributed by atoms with Crippen LogP contribution in [0.4, 0.5) is 0 Å². The van der Waals surface area contributed by atoms with Gasteiger partial charge in [-0.3, -0.25) is 0 Å². The summed E-state index contributed by atoms with van der Waals surface area (Å²) >= 11 is 0. The lowest BCUT2D eigenvalue weighted by atomic mass is 9.98. The van der Waals surface area contributed by atoms with E-state index in [0.717, 1.165) is 57.8 Å². The van der Waals surface area contributed by atoms with Gasteiger partial charge in [0.25, 0.3) is 0 Å². The molecule has 0 saturated heterocycles. The van der Waals surface area contributed by atoms with Crippen molar-refractivity contribution in [2.24, 2.45) is 11.8 Å². The van der Waals surface area contributed by atoms with Crippen molar-refractivity contribution in [1.29, 1.82) is 0 Å². The molecule has 37 heavy (non-hydrogen) atoms. The van der Waals surface area contributed by atoms with Crippen molar-refractivity contribution in [2.75, 3.05) is 13.2 Å². The first kappa shape index (κ1) is 26.7. The Hall–Kier alpha value is -3.34. The normalized spacial score (nSPS) is 11.5. The van der Waals surface area contributed by atoms with Gasteiger partial charge in [-0.2, -0.15) is 15.0 Å². The average molecular weight is 500 g/mol. The minimum atomic E-state index is 0.495. The molecule has 0 atom stereocenters. The van der Waals surface area contributed by atoms with Crippen molar-refractivity contribution in [1.82, 2.24) is 15.0 Å². The topological polar surface area (TPSA) is 49.2 Å². The Morgan fingerprint density at radius 1 is 0.622 bits per heavy atom. The van der Waals surface area contributed by atoms with Crippen molar-refractivity contribution in [3.05, 3.63) is 60.7 Å². The molecule has 0 spiro atoms. The Kier molecular flexibility index (Phi) is 9.21. The highest BCUT2D eigenvalue weighted by Gasteiger charge is 2.16. The second-order valence-electron chi connectivity index (χ2n) is 10.7. The summed E-state index contributed by atoms with van der Waals surface area (Å²) in [6.07, 6.45) is 4.75. The predicted octanol–water partition coefficient (Wildman–Crippen LogP) is 8.42. The monoisotopic (exact) mass is 499 g/mol. The second kappa shape index (κ2) is 12.8. The largest absolute Gasteiger partial charge is 0.493 e. The van der Waals surface area contributed by atoms with Gasteiger partial charge in [0.2, 0.25) is 0 Å². The van der Waals surface area contributed by atoms with E-state index in [4.69, 9.17) is 19.7 Å². The van der Waals surface area contributed by atoms with Gasteiger partial charge in [0.1, 0.15) is 22.5 Å². The molecule has 5 nitrogen and oxygen atoms in total. The maximum absolute atomic E-state index is 5.89. The van der Waals surface area contributed by atoms with E-state index < -0.39 is 0 Å². The number of ether oxygens (including phenoxy) is 2. The highest BCUT2D eigenvalue weighted by atomic mass is 16.5. The van der Waals surface area contributed by atoms with E-state index in [1.165, 1.54) is 19.3 Å². The van der Waals surface area contributed by atoms with Crippen molar-refractivity contribution >= 4 is 11.0 Å². The number of nitrogens with zero attached hydrogens (tertiary/aromatic N) is 3. The van der Waals surface area contributed by atoms with Crippen molar-refractivity contribution in [2.45, 2.75) is 66.8 Å². The summed E-state index contributed by atoms with van der Waals surface area (Å²) in [5, 5.41) is 9.94. The first-order valence-electron chi connectivity index (χ1n) is 13.8. The predicted molar refractivity (Wildman–Crippen MR) is 153 cm³/mol. The highest BCUT2D eigenvalue weighted by Crippen LogP contribution is 2.35. The minimum Gasteiger partial charge on any atom is -0.493 e. The number of hydrogen-bond donors (Lipinski definition) is 0. The zero-order valence-corrected chi connectivity index (χ0v) is 23.0. The molecule has 0 N–H and O–H groups in total. The summed E-state index contributed by atoms with van der Waals surface area (Å²) in [4.78, 5) is 1.88. The Bertz CT molecular complexity index is 1170. The lowest BCUT2D eigenvalue weighted by molar-refractivity contribution is 0.271. The number of fused-ring (bicyclic) bond motifs is 1. The molecule has 0 bridgehead atoms. The van der Waals surface area contributed by atoms with Gasteiger partial charge in [-0.05, 0) is 53.6 Å². The van der Waals surface area contributed by atoms with E-state index in [-0.39, 0.29) is 0 Å². The first-order chi connectivity index (χ1) is 17.9. The van der Waals surface area contributed by atoms with Crippen LogP contribution in [0.25, 0.3) is 33.3 Å². The van der Waals surface area contributed by atoms with Crippen LogP contribution in [0.2, 0.25) is 0 Å². The lowest BCUT2D eigenvalue weighted by Gasteiger charge is -2.11. The molecule has 1 heterocycles. The summed E-state index contributed by atoms with van der Waals surface area (Å²) in [6.45, 7) is 13.1. The number of unbranched alkanes of at least 4 members (excludes halogenated alkanes) is 3. The van der Waals surface area contributed by atoms with Crippen LogP contribution >= 0.6 is 0 Å². The summed E-state index contributed by atoms with van der Waals surface area (Å²) in [6, 6.07) is 21.0. The summed E-state index contributed by atoms with van der Waals surface area (Å²) in [5.74, 6) is 2.78. The third-order valence-corrected chi connectivity index (χ3v) is 6.29. The maximum atomic E-state index is 5.89. The molecule has 1 aromatic heterocycles. The zero-order valence-electron chi connectivity index (χ0n) is 23.0. The molecule has 0 aliphatic carbocycles. The molecule has 3 aromatic carbocycles. The zero-order chi connectivity index (χ0) is 26.2. The fraction of sp³-hybridized carbons (Fsp3) is 0.438. The van der Waals surface area contributed by atoms with E-state index in [1.807, 2.05) is 29.1 Å². The van der Waals surface area contributed by atoms with Crippen LogP contribution in [-0.2, 0) is 6.54 Å². The Labute approximate surface area is 221 Å². The van der Waals surface area contributed by atoms with Gasteiger partial charge in [-0.15, -0.1) is 0 Å². The van der Waals surface area contributed by atoms with E-state index in [9.17, 15) is 0 Å². The quantitative estimate of drug-likeness (QED) is 0.173. The van der Waals surface area contributed by atoms with Crippen LogP contribution < -0.4 is 9.47 Å². The summed E-state index contributed by atoms with van der Waals surface area (Å²) < 4.78 is 11.8. The second-order valence-corrected chi connectivity index (χ2v) is 10.7. The summed E-state index contributed by atoms with van der Waals surface area (Å²) in [7, 11) is 0. The molecule has 0 saturated carbocycles. The van der Waals surface area contributed by atoms with E-state index in [2.05, 4.69) is 71.0 Å². The molecule has 0 unspecified atom stereocenters. The van der Waals surface area contributed by atoms with Crippen molar-refractivity contribution in [3.63, 3.8) is 0 Å². The first-order valence-corrected chi connectivity index (χ1v) is 13.8. The third kappa shape index (κ3) is 7.12. The summed E-state index contributed by atoms with van der Waals surface area (Å²) in [5.41, 5.74) is 6.28. The highest BCUT2D eigenvalue weighted by molar-refractivity contribution is 6.00. The van der Waals surface area contributed by atoms with Gasteiger partial charge in [0.15, 0.2) is 0 Å². The smallest absolute Gasteiger partial charge is 0.121 e. The van der Waals surface area contributed by atoms with Gasteiger partial charge in [-0.1, -0.05) is 90.3 Å². The van der Waals surface area contributed by atoms with Crippen molar-refractivity contribution in [3.8, 4) is 33.8 Å². The maximum Gasteiger partial charge on any atom is 0.121 e. The average Bonchev–Trinajstić information content (AvgIpc) is 3.33. The van der Waals surface area contributed by atoms with Gasteiger partial charge >= 0.3 is 0 Å². The molecule has 0 aliphatic rings. The van der Waals surface area contributed by atoms with Gasteiger partial charge in [-0.25, -0.2) is 0 Å². The third-order valence-electron chi connectivity index (χ3n) is 6.29. The molecule has 0 fully saturated rings. The SMILES string of the molecule is CCCCCCn1nc2c(-c3ccc(OCC(C)C)cc3)ccc(-c3ccc(OCC(C)C)cc3)c2n1. The number of rotatable bonds is 13. The Balaban J connectivity index is 1.66. The molecule has 196 valence electrons. The molecule has 5 heteroatoms. The lowest BCUT2D eigenvalue weighted by Crippen LogP contribution is -2.04. The van der Waals surface area contributed by atoms with Gasteiger partial charge in [0.05, 0.1) is 19.8 Å². The number of aromatic nitrogens is 3. The molecule has 0 aliphatic heterocycles. The minimum absolute atomic E-state index is 0.495. The van der Waals surface area contributed by atoms with Gasteiger partial charge in [0, 0.05) is 11.1 Å². The van der Waals surface area contributed by atoms with E-state index >= 15 is 0 Å². The van der Waals surface area contributed by atoms with Crippen LogP contribution in [-0.4, -0.2) is 28.2 Å². The molecular weight excluding hydrogens is 458 g/mol. The van der Waals surface area contributed by atoms with Crippen molar-refractivity contribution < 1.29 is 9.47 Å². The Morgan fingerprint density at radius 3 is 1.49 bits per heavy atom. The fourth-order valence-electron chi connectivity index (χ4n) is 4.27. The molecule has 0 amide bonds. The molecule has 4 aromatic rings. The number of hydrogen-bond acceptors (Lipinski definition) is 4. The van der Waals surface area contributed by atoms with Crippen LogP contribution in [0, 0.1) is 11.8 Å². The molecular formula is C32H41N3O2. The van der Waals surface area contributed by atoms with Crippen LogP contribution in [0.15, 0.2) is 60.7 Å². The Morgan fingerprint density at radius 2 is 1.08 bits per heavy atom. The molecule has 0 radical (unpaired) electrons. The molecule has 4 rings (SSSR count). The van der Waals surface area contributed by atoms with Gasteiger partial charge < -0.3 is 9.47 Å². The standard InChI is InChI=1S/C32H41N3O2/c1-6-7-8-9-20-35-33-31-29(25-10-14-27(15-11-25)36-21-23(2)3)18-19-30(32(31)34-35)26-12-16-28(17-13-26)37-22-24(4)5/h10-19,23-24H,6-9,20-22H2,1-5H3. The van der Waals surface area contributed by atoms with Crippen LogP contribution in [0.1, 0.15) is 60.3 Å². The number of aryl methyl sites for hydroxylation is 1. The van der Waals surface area contributed by atoms with Crippen LogP contribution in [0.5, 0.6) is 11.5 Å². The van der Waals surface area contributed by atoms with E-state index in [1.54, 1.807) is 0 Å². The van der Waals surface area contributed by atoms with E-state index in [0.29, 0.717) is 25.0 Å². The van der Waals surface area contributed by atoms with Crippen LogP contribution in [0.3, 0.4) is 0 Å². The fourth-order valence-corrected chi connectivity index (χ4v) is 4.27. The number of benzene rings is 3.